The first kappa shape index (κ1) is 13.4. The average molecular weight is 273 g/mol. The van der Waals surface area contributed by atoms with Crippen LogP contribution in [0.5, 0.6) is 0 Å². The largest absolute Gasteiger partial charge is 0.384 e. The number of nitrogens with one attached hydrogen (secondary N) is 1. The molecule has 4 heteroatoms. The molecule has 0 aliphatic carbocycles. The summed E-state index contributed by atoms with van der Waals surface area (Å²) in [5.41, 5.74) is 9.09. The van der Waals surface area contributed by atoms with Gasteiger partial charge in [-0.25, -0.2) is 0 Å². The van der Waals surface area contributed by atoms with E-state index in [2.05, 4.69) is 12.2 Å². The number of rotatable bonds is 2. The molecule has 1 saturated heterocycles. The number of hydrogen-bond acceptors (Lipinski definition) is 3. The molecule has 2 atom stereocenters. The fourth-order valence-corrected chi connectivity index (χ4v) is 3.35. The van der Waals surface area contributed by atoms with Crippen molar-refractivity contribution in [3.05, 3.63) is 29.3 Å². The summed E-state index contributed by atoms with van der Waals surface area (Å²) in [7, 11) is 0. The highest BCUT2D eigenvalue weighted by atomic mass is 16.2. The molecular formula is C16H23N3O. The van der Waals surface area contributed by atoms with Gasteiger partial charge in [0.1, 0.15) is 0 Å². The molecule has 3 N–H and O–H groups in total. The van der Waals surface area contributed by atoms with Crippen molar-refractivity contribution >= 4 is 11.6 Å². The lowest BCUT2D eigenvalue weighted by Crippen LogP contribution is -2.49. The molecule has 2 unspecified atom stereocenters. The van der Waals surface area contributed by atoms with Gasteiger partial charge in [0.15, 0.2) is 0 Å². The maximum atomic E-state index is 12.7. The van der Waals surface area contributed by atoms with Crippen molar-refractivity contribution in [2.24, 2.45) is 11.7 Å². The molecule has 108 valence electrons. The third kappa shape index (κ3) is 2.40. The molecule has 0 aromatic heterocycles. The van der Waals surface area contributed by atoms with Crippen LogP contribution in [0, 0.1) is 5.92 Å². The maximum absolute atomic E-state index is 12.7. The first-order valence-electron chi connectivity index (χ1n) is 7.57. The van der Waals surface area contributed by atoms with Gasteiger partial charge in [-0.3, -0.25) is 4.79 Å². The summed E-state index contributed by atoms with van der Waals surface area (Å²) in [6.45, 7) is 4.60. The zero-order valence-corrected chi connectivity index (χ0v) is 12.1. The van der Waals surface area contributed by atoms with Crippen molar-refractivity contribution in [2.75, 3.05) is 25.0 Å². The van der Waals surface area contributed by atoms with Gasteiger partial charge in [0.05, 0.1) is 0 Å². The third-order valence-corrected chi connectivity index (χ3v) is 4.57. The van der Waals surface area contributed by atoms with Crippen LogP contribution in [0.25, 0.3) is 0 Å². The molecule has 2 heterocycles. The maximum Gasteiger partial charge on any atom is 0.254 e. The Bertz CT molecular complexity index is 514. The molecule has 1 aromatic carbocycles. The Morgan fingerprint density at radius 3 is 3.15 bits per heavy atom. The minimum absolute atomic E-state index is 0.141. The van der Waals surface area contributed by atoms with Crippen LogP contribution < -0.4 is 11.1 Å². The van der Waals surface area contributed by atoms with Crippen LogP contribution in [0.3, 0.4) is 0 Å². The standard InChI is InChI=1S/C16H23N3O/c1-11-5-7-19(14(8-11)10-17)16(20)13-2-3-15-12(9-13)4-6-18-15/h2-3,9,11,14,18H,4-8,10,17H2,1H3. The number of hydrogen-bond donors (Lipinski definition) is 2. The van der Waals surface area contributed by atoms with Gasteiger partial charge in [-0.2, -0.15) is 0 Å². The first-order valence-corrected chi connectivity index (χ1v) is 7.57. The molecular weight excluding hydrogens is 250 g/mol. The Hall–Kier alpha value is -1.55. The number of fused-ring (bicyclic) bond motifs is 1. The molecule has 2 aliphatic heterocycles. The SMILES string of the molecule is CC1CCN(C(=O)c2ccc3c(c2)CCN3)C(CN)C1. The quantitative estimate of drug-likeness (QED) is 0.864. The van der Waals surface area contributed by atoms with E-state index in [0.29, 0.717) is 12.5 Å². The van der Waals surface area contributed by atoms with Crippen molar-refractivity contribution in [3.63, 3.8) is 0 Å². The van der Waals surface area contributed by atoms with Crippen molar-refractivity contribution < 1.29 is 4.79 Å². The summed E-state index contributed by atoms with van der Waals surface area (Å²) >= 11 is 0. The molecule has 0 saturated carbocycles. The Morgan fingerprint density at radius 2 is 2.35 bits per heavy atom. The van der Waals surface area contributed by atoms with Gasteiger partial charge in [0, 0.05) is 36.9 Å². The summed E-state index contributed by atoms with van der Waals surface area (Å²) in [6.07, 6.45) is 3.11. The monoisotopic (exact) mass is 273 g/mol. The number of carbonyl (C=O) groups excluding carboxylic acids is 1. The van der Waals surface area contributed by atoms with Gasteiger partial charge in [0.2, 0.25) is 0 Å². The summed E-state index contributed by atoms with van der Waals surface area (Å²) in [4.78, 5) is 14.7. The van der Waals surface area contributed by atoms with Crippen LogP contribution in [0.1, 0.15) is 35.7 Å². The van der Waals surface area contributed by atoms with Gasteiger partial charge < -0.3 is 16.0 Å². The highest BCUT2D eigenvalue weighted by Gasteiger charge is 2.29. The number of nitrogens with two attached hydrogens (primary N) is 1. The Morgan fingerprint density at radius 1 is 1.50 bits per heavy atom. The summed E-state index contributed by atoms with van der Waals surface area (Å²) < 4.78 is 0. The number of anilines is 1. The molecule has 1 amide bonds. The second-order valence-corrected chi connectivity index (χ2v) is 6.07. The van der Waals surface area contributed by atoms with Crippen molar-refractivity contribution in [1.29, 1.82) is 0 Å². The van der Waals surface area contributed by atoms with Crippen LogP contribution in [-0.2, 0) is 6.42 Å². The zero-order valence-electron chi connectivity index (χ0n) is 12.1. The number of carbonyl (C=O) groups is 1. The predicted molar refractivity (Wildman–Crippen MR) is 80.9 cm³/mol. The molecule has 0 bridgehead atoms. The molecule has 2 aliphatic rings. The number of nitrogens with zero attached hydrogens (tertiary/aromatic N) is 1. The van der Waals surface area contributed by atoms with E-state index in [4.69, 9.17) is 5.73 Å². The fourth-order valence-electron chi connectivity index (χ4n) is 3.35. The normalized spacial score (nSPS) is 25.2. The lowest BCUT2D eigenvalue weighted by atomic mass is 9.91. The Kier molecular flexibility index (Phi) is 3.66. The Labute approximate surface area is 120 Å². The zero-order chi connectivity index (χ0) is 14.1. The van der Waals surface area contributed by atoms with Crippen LogP contribution in [0.15, 0.2) is 18.2 Å². The van der Waals surface area contributed by atoms with Crippen LogP contribution in [-0.4, -0.2) is 36.5 Å². The van der Waals surface area contributed by atoms with E-state index in [1.54, 1.807) is 0 Å². The van der Waals surface area contributed by atoms with Gasteiger partial charge in [-0.05, 0) is 48.9 Å². The van der Waals surface area contributed by atoms with E-state index in [1.807, 2.05) is 23.1 Å². The lowest BCUT2D eigenvalue weighted by Gasteiger charge is -2.38. The number of likely N-dealkylation sites (tertiary alicyclic amines) is 1. The van der Waals surface area contributed by atoms with E-state index in [1.165, 1.54) is 11.3 Å². The highest BCUT2D eigenvalue weighted by molar-refractivity contribution is 5.95. The molecule has 20 heavy (non-hydrogen) atoms. The van der Waals surface area contributed by atoms with Crippen molar-refractivity contribution in [3.8, 4) is 0 Å². The molecule has 0 spiro atoms. The van der Waals surface area contributed by atoms with Gasteiger partial charge in [-0.15, -0.1) is 0 Å². The topological polar surface area (TPSA) is 58.4 Å². The van der Waals surface area contributed by atoms with Gasteiger partial charge >= 0.3 is 0 Å². The van der Waals surface area contributed by atoms with Crippen LogP contribution >= 0.6 is 0 Å². The van der Waals surface area contributed by atoms with E-state index in [-0.39, 0.29) is 11.9 Å². The molecule has 1 aromatic rings. The first-order chi connectivity index (χ1) is 9.69. The number of amides is 1. The molecule has 1 fully saturated rings. The lowest BCUT2D eigenvalue weighted by molar-refractivity contribution is 0.0573. The summed E-state index contributed by atoms with van der Waals surface area (Å²) in [5.74, 6) is 0.805. The highest BCUT2D eigenvalue weighted by Crippen LogP contribution is 2.27. The smallest absolute Gasteiger partial charge is 0.254 e. The Balaban J connectivity index is 1.81. The predicted octanol–water partition coefficient (Wildman–Crippen LogP) is 1.85. The van der Waals surface area contributed by atoms with Crippen molar-refractivity contribution in [2.45, 2.75) is 32.2 Å². The second kappa shape index (κ2) is 5.44. The van der Waals surface area contributed by atoms with E-state index >= 15 is 0 Å². The second-order valence-electron chi connectivity index (χ2n) is 6.07. The molecule has 4 nitrogen and oxygen atoms in total. The number of piperidine rings is 1. The van der Waals surface area contributed by atoms with E-state index < -0.39 is 0 Å². The van der Waals surface area contributed by atoms with E-state index in [0.717, 1.165) is 37.9 Å². The van der Waals surface area contributed by atoms with Gasteiger partial charge in [0.25, 0.3) is 5.91 Å². The minimum atomic E-state index is 0.141. The molecule has 0 radical (unpaired) electrons. The van der Waals surface area contributed by atoms with Crippen molar-refractivity contribution in [1.82, 2.24) is 4.90 Å². The summed E-state index contributed by atoms with van der Waals surface area (Å²) in [6, 6.07) is 6.20. The minimum Gasteiger partial charge on any atom is -0.384 e. The number of benzene rings is 1. The van der Waals surface area contributed by atoms with Crippen LogP contribution in [0.2, 0.25) is 0 Å². The molecule has 3 rings (SSSR count). The average Bonchev–Trinajstić information content (AvgIpc) is 2.93. The van der Waals surface area contributed by atoms with Crippen LogP contribution in [0.4, 0.5) is 5.69 Å². The van der Waals surface area contributed by atoms with E-state index in [9.17, 15) is 4.79 Å². The third-order valence-electron chi connectivity index (χ3n) is 4.57. The van der Waals surface area contributed by atoms with Gasteiger partial charge in [-0.1, -0.05) is 6.92 Å². The fraction of sp³-hybridized carbons (Fsp3) is 0.562. The summed E-state index contributed by atoms with van der Waals surface area (Å²) in [5, 5.41) is 3.33.